The number of nitrogens with zero attached hydrogens (tertiary/aromatic N) is 2. The topological polar surface area (TPSA) is 64.9 Å². The van der Waals surface area contributed by atoms with Crippen molar-refractivity contribution >= 4 is 0 Å². The molecule has 2 rings (SSSR count). The SMILES string of the molecule is Cc1cc(F)ccc1-c1noc(CCC(C)CN)n1. The van der Waals surface area contributed by atoms with Gasteiger partial charge in [-0.1, -0.05) is 12.1 Å². The largest absolute Gasteiger partial charge is 0.339 e. The van der Waals surface area contributed by atoms with Gasteiger partial charge in [-0.25, -0.2) is 4.39 Å². The number of aromatic nitrogens is 2. The molecule has 0 saturated carbocycles. The van der Waals surface area contributed by atoms with Gasteiger partial charge in [-0.05, 0) is 49.6 Å². The number of hydrogen-bond acceptors (Lipinski definition) is 4. The standard InChI is InChI=1S/C14H18FN3O/c1-9(8-16)3-6-13-17-14(18-19-13)12-5-4-11(15)7-10(12)2/h4-5,7,9H,3,6,8,16H2,1-2H3. The lowest BCUT2D eigenvalue weighted by atomic mass is 10.1. The zero-order chi connectivity index (χ0) is 13.8. The first-order valence-electron chi connectivity index (χ1n) is 6.39. The molecule has 0 saturated heterocycles. The molecule has 1 heterocycles. The van der Waals surface area contributed by atoms with E-state index in [0.717, 1.165) is 17.5 Å². The first-order chi connectivity index (χ1) is 9.10. The fraction of sp³-hybridized carbons (Fsp3) is 0.429. The summed E-state index contributed by atoms with van der Waals surface area (Å²) < 4.78 is 18.2. The van der Waals surface area contributed by atoms with E-state index in [1.165, 1.54) is 12.1 Å². The smallest absolute Gasteiger partial charge is 0.226 e. The van der Waals surface area contributed by atoms with Crippen molar-refractivity contribution in [1.82, 2.24) is 10.1 Å². The van der Waals surface area contributed by atoms with Crippen LogP contribution in [0.2, 0.25) is 0 Å². The van der Waals surface area contributed by atoms with Crippen LogP contribution in [-0.2, 0) is 6.42 Å². The lowest BCUT2D eigenvalue weighted by Crippen LogP contribution is -2.11. The van der Waals surface area contributed by atoms with Gasteiger partial charge in [-0.3, -0.25) is 0 Å². The van der Waals surface area contributed by atoms with Crippen LogP contribution in [0.4, 0.5) is 4.39 Å². The van der Waals surface area contributed by atoms with Crippen LogP contribution in [0.1, 0.15) is 24.8 Å². The van der Waals surface area contributed by atoms with Gasteiger partial charge in [0.1, 0.15) is 5.82 Å². The van der Waals surface area contributed by atoms with E-state index in [2.05, 4.69) is 17.1 Å². The molecule has 19 heavy (non-hydrogen) atoms. The molecule has 1 atom stereocenters. The maximum absolute atomic E-state index is 13.0. The zero-order valence-electron chi connectivity index (χ0n) is 11.2. The lowest BCUT2D eigenvalue weighted by molar-refractivity contribution is 0.366. The van der Waals surface area contributed by atoms with Crippen LogP contribution in [-0.4, -0.2) is 16.7 Å². The van der Waals surface area contributed by atoms with Crippen LogP contribution < -0.4 is 5.73 Å². The third-order valence-electron chi connectivity index (χ3n) is 3.15. The summed E-state index contributed by atoms with van der Waals surface area (Å²) in [5, 5.41) is 3.94. The molecule has 2 aromatic rings. The van der Waals surface area contributed by atoms with Crippen LogP contribution in [0.25, 0.3) is 11.4 Å². The Morgan fingerprint density at radius 1 is 1.42 bits per heavy atom. The molecule has 0 bridgehead atoms. The molecule has 1 aromatic carbocycles. The molecule has 2 N–H and O–H groups in total. The molecule has 0 spiro atoms. The normalized spacial score (nSPS) is 12.6. The highest BCUT2D eigenvalue weighted by Crippen LogP contribution is 2.21. The molecular weight excluding hydrogens is 245 g/mol. The Labute approximate surface area is 111 Å². The van der Waals surface area contributed by atoms with Crippen LogP contribution in [0.15, 0.2) is 22.7 Å². The molecule has 0 aliphatic carbocycles. The number of nitrogens with two attached hydrogens (primary N) is 1. The van der Waals surface area contributed by atoms with Crippen LogP contribution in [0.3, 0.4) is 0 Å². The minimum atomic E-state index is -0.262. The zero-order valence-corrected chi connectivity index (χ0v) is 11.2. The number of halogens is 1. The second kappa shape index (κ2) is 5.93. The summed E-state index contributed by atoms with van der Waals surface area (Å²) in [6, 6.07) is 4.53. The van der Waals surface area contributed by atoms with Gasteiger partial charge in [-0.15, -0.1) is 0 Å². The first kappa shape index (κ1) is 13.7. The summed E-state index contributed by atoms with van der Waals surface area (Å²) in [7, 11) is 0. The summed E-state index contributed by atoms with van der Waals surface area (Å²) in [6.45, 7) is 4.56. The predicted octanol–water partition coefficient (Wildman–Crippen LogP) is 2.71. The fourth-order valence-corrected chi connectivity index (χ4v) is 1.83. The maximum atomic E-state index is 13.0. The van der Waals surface area contributed by atoms with E-state index in [4.69, 9.17) is 10.3 Å². The van der Waals surface area contributed by atoms with Gasteiger partial charge < -0.3 is 10.3 Å². The van der Waals surface area contributed by atoms with Crippen molar-refractivity contribution in [2.75, 3.05) is 6.54 Å². The van der Waals surface area contributed by atoms with Crippen molar-refractivity contribution in [3.63, 3.8) is 0 Å². The summed E-state index contributed by atoms with van der Waals surface area (Å²) in [5.41, 5.74) is 7.15. The van der Waals surface area contributed by atoms with Crippen molar-refractivity contribution in [2.45, 2.75) is 26.7 Å². The van der Waals surface area contributed by atoms with Crippen LogP contribution in [0.5, 0.6) is 0 Å². The fourth-order valence-electron chi connectivity index (χ4n) is 1.83. The molecule has 1 aromatic heterocycles. The molecule has 0 aliphatic rings. The van der Waals surface area contributed by atoms with Gasteiger partial charge in [0.25, 0.3) is 0 Å². The maximum Gasteiger partial charge on any atom is 0.226 e. The number of benzene rings is 1. The quantitative estimate of drug-likeness (QED) is 0.900. The van der Waals surface area contributed by atoms with Crippen LogP contribution >= 0.6 is 0 Å². The summed E-state index contributed by atoms with van der Waals surface area (Å²) in [5.74, 6) is 1.27. The summed E-state index contributed by atoms with van der Waals surface area (Å²) in [6.07, 6.45) is 1.63. The monoisotopic (exact) mass is 263 g/mol. The van der Waals surface area contributed by atoms with Crippen molar-refractivity contribution < 1.29 is 8.91 Å². The Hall–Kier alpha value is -1.75. The first-order valence-corrected chi connectivity index (χ1v) is 6.39. The predicted molar refractivity (Wildman–Crippen MR) is 71.0 cm³/mol. The van der Waals surface area contributed by atoms with E-state index in [-0.39, 0.29) is 5.82 Å². The van der Waals surface area contributed by atoms with Gasteiger partial charge >= 0.3 is 0 Å². The van der Waals surface area contributed by atoms with Gasteiger partial charge in [0.15, 0.2) is 0 Å². The van der Waals surface area contributed by atoms with Gasteiger partial charge in [0.05, 0.1) is 0 Å². The Morgan fingerprint density at radius 2 is 2.21 bits per heavy atom. The van der Waals surface area contributed by atoms with Crippen molar-refractivity contribution in [3.8, 4) is 11.4 Å². The molecule has 5 heteroatoms. The van der Waals surface area contributed by atoms with E-state index in [9.17, 15) is 4.39 Å². The molecule has 102 valence electrons. The second-order valence-corrected chi connectivity index (χ2v) is 4.85. The molecule has 0 aliphatic heterocycles. The van der Waals surface area contributed by atoms with E-state index in [1.54, 1.807) is 6.07 Å². The minimum absolute atomic E-state index is 0.262. The van der Waals surface area contributed by atoms with E-state index >= 15 is 0 Å². The highest BCUT2D eigenvalue weighted by Gasteiger charge is 2.12. The lowest BCUT2D eigenvalue weighted by Gasteiger charge is -2.04. The summed E-state index contributed by atoms with van der Waals surface area (Å²) >= 11 is 0. The molecule has 0 radical (unpaired) electrons. The Balaban J connectivity index is 2.12. The number of rotatable bonds is 5. The van der Waals surface area contributed by atoms with E-state index in [1.807, 2.05) is 6.92 Å². The molecule has 1 unspecified atom stereocenters. The minimum Gasteiger partial charge on any atom is -0.339 e. The van der Waals surface area contributed by atoms with Gasteiger partial charge in [0, 0.05) is 12.0 Å². The van der Waals surface area contributed by atoms with Gasteiger partial charge in [0.2, 0.25) is 11.7 Å². The Morgan fingerprint density at radius 3 is 2.89 bits per heavy atom. The van der Waals surface area contributed by atoms with E-state index in [0.29, 0.717) is 30.6 Å². The highest BCUT2D eigenvalue weighted by atomic mass is 19.1. The third-order valence-corrected chi connectivity index (χ3v) is 3.15. The molecule has 4 nitrogen and oxygen atoms in total. The average Bonchev–Trinajstić information content (AvgIpc) is 2.84. The van der Waals surface area contributed by atoms with E-state index < -0.39 is 0 Å². The highest BCUT2D eigenvalue weighted by molar-refractivity contribution is 5.59. The molecule has 0 amide bonds. The Kier molecular flexibility index (Phi) is 4.27. The van der Waals surface area contributed by atoms with Crippen molar-refractivity contribution in [2.24, 2.45) is 11.7 Å². The third kappa shape index (κ3) is 3.38. The van der Waals surface area contributed by atoms with Crippen LogP contribution in [0, 0.1) is 18.7 Å². The average molecular weight is 263 g/mol. The Bertz CT molecular complexity index is 553. The second-order valence-electron chi connectivity index (χ2n) is 4.85. The van der Waals surface area contributed by atoms with Crippen molar-refractivity contribution in [1.29, 1.82) is 0 Å². The number of aryl methyl sites for hydroxylation is 2. The molecular formula is C14H18FN3O. The molecule has 0 fully saturated rings. The van der Waals surface area contributed by atoms with Gasteiger partial charge in [-0.2, -0.15) is 4.98 Å². The number of hydrogen-bond donors (Lipinski definition) is 1. The summed E-state index contributed by atoms with van der Waals surface area (Å²) in [4.78, 5) is 4.34. The van der Waals surface area contributed by atoms with Crippen molar-refractivity contribution in [3.05, 3.63) is 35.5 Å².